The molecule has 0 unspecified atom stereocenters. The number of aliphatic imine (C=N–C) groups is 1. The SMILES string of the molecule is Cc1cc(C)nc(N/C(=N/C(=S)NC2CC2)N2CCN(c3ccccn3)CC2)n1. The van der Waals surface area contributed by atoms with Crippen LogP contribution in [-0.4, -0.2) is 63.1 Å². The highest BCUT2D eigenvalue weighted by Gasteiger charge is 2.24. The first-order valence-corrected chi connectivity index (χ1v) is 10.4. The lowest BCUT2D eigenvalue weighted by molar-refractivity contribution is 0.384. The monoisotopic (exact) mass is 410 g/mol. The minimum Gasteiger partial charge on any atom is -0.358 e. The number of thiocarbonyl (C=S) groups is 1. The third-order valence-electron chi connectivity index (χ3n) is 4.87. The average Bonchev–Trinajstić information content (AvgIpc) is 3.51. The van der Waals surface area contributed by atoms with Gasteiger partial charge in [-0.25, -0.2) is 15.0 Å². The maximum atomic E-state index is 5.46. The maximum Gasteiger partial charge on any atom is 0.229 e. The van der Waals surface area contributed by atoms with Gasteiger partial charge in [-0.1, -0.05) is 6.07 Å². The van der Waals surface area contributed by atoms with E-state index in [0.717, 1.165) is 56.2 Å². The Labute approximate surface area is 176 Å². The summed E-state index contributed by atoms with van der Waals surface area (Å²) in [5, 5.41) is 7.09. The molecule has 0 bridgehead atoms. The van der Waals surface area contributed by atoms with E-state index in [-0.39, 0.29) is 0 Å². The standard InChI is InChI=1S/C20H26N8S/c1-14-13-15(2)23-18(22-14)25-19(26-20(29)24-16-6-7-16)28-11-9-27(10-12-28)17-5-3-4-8-21-17/h3-5,8,13,16H,6-7,9-12H2,1-2H3,(H2,22,23,24,25,26,29). The number of hydrogen-bond acceptors (Lipinski definition) is 5. The maximum absolute atomic E-state index is 5.46. The molecule has 2 aromatic rings. The molecule has 2 aromatic heterocycles. The molecule has 4 rings (SSSR count). The molecule has 0 radical (unpaired) electrons. The zero-order chi connectivity index (χ0) is 20.2. The zero-order valence-electron chi connectivity index (χ0n) is 16.8. The highest BCUT2D eigenvalue weighted by Crippen LogP contribution is 2.19. The van der Waals surface area contributed by atoms with Gasteiger partial charge in [-0.05, 0) is 57.1 Å². The number of guanidine groups is 1. The first kappa shape index (κ1) is 19.5. The molecule has 0 spiro atoms. The molecule has 1 aliphatic heterocycles. The van der Waals surface area contributed by atoms with Gasteiger partial charge >= 0.3 is 0 Å². The number of nitrogens with zero attached hydrogens (tertiary/aromatic N) is 6. The summed E-state index contributed by atoms with van der Waals surface area (Å²) >= 11 is 5.46. The van der Waals surface area contributed by atoms with Gasteiger partial charge in [-0.15, -0.1) is 0 Å². The molecule has 1 aliphatic carbocycles. The zero-order valence-corrected chi connectivity index (χ0v) is 17.6. The van der Waals surface area contributed by atoms with E-state index in [2.05, 4.69) is 40.4 Å². The molecular formula is C20H26N8S. The summed E-state index contributed by atoms with van der Waals surface area (Å²) in [6.45, 7) is 7.24. The third kappa shape index (κ3) is 5.38. The highest BCUT2D eigenvalue weighted by molar-refractivity contribution is 7.80. The second-order valence-electron chi connectivity index (χ2n) is 7.42. The van der Waals surface area contributed by atoms with Crippen molar-refractivity contribution in [3.05, 3.63) is 41.9 Å². The Kier molecular flexibility index (Phi) is 5.84. The van der Waals surface area contributed by atoms with E-state index in [0.29, 0.717) is 23.1 Å². The number of aromatic nitrogens is 3. The largest absolute Gasteiger partial charge is 0.358 e. The van der Waals surface area contributed by atoms with E-state index in [1.807, 2.05) is 44.3 Å². The lowest BCUT2D eigenvalue weighted by Gasteiger charge is -2.36. The second-order valence-corrected chi connectivity index (χ2v) is 7.81. The van der Waals surface area contributed by atoms with E-state index in [1.54, 1.807) is 0 Å². The molecule has 2 fully saturated rings. The smallest absolute Gasteiger partial charge is 0.229 e. The quantitative estimate of drug-likeness (QED) is 0.452. The molecule has 2 N–H and O–H groups in total. The van der Waals surface area contributed by atoms with Gasteiger partial charge in [-0.3, -0.25) is 5.32 Å². The lowest BCUT2D eigenvalue weighted by atomic mass is 10.3. The molecule has 8 nitrogen and oxygen atoms in total. The van der Waals surface area contributed by atoms with Crippen LogP contribution < -0.4 is 15.5 Å². The van der Waals surface area contributed by atoms with Crippen LogP contribution in [0.3, 0.4) is 0 Å². The second kappa shape index (κ2) is 8.69. The van der Waals surface area contributed by atoms with Crippen molar-refractivity contribution >= 4 is 35.1 Å². The van der Waals surface area contributed by atoms with E-state index in [1.165, 1.54) is 0 Å². The van der Waals surface area contributed by atoms with Crippen LogP contribution in [0.15, 0.2) is 35.5 Å². The normalized spacial score (nSPS) is 17.2. The number of aryl methyl sites for hydroxylation is 2. The summed E-state index contributed by atoms with van der Waals surface area (Å²) < 4.78 is 0. The number of hydrogen-bond donors (Lipinski definition) is 2. The Morgan fingerprint density at radius 1 is 1.10 bits per heavy atom. The average molecular weight is 411 g/mol. The Morgan fingerprint density at radius 2 is 1.83 bits per heavy atom. The van der Waals surface area contributed by atoms with Crippen LogP contribution in [0.5, 0.6) is 0 Å². The van der Waals surface area contributed by atoms with Crippen molar-refractivity contribution in [3.8, 4) is 0 Å². The third-order valence-corrected chi connectivity index (χ3v) is 5.08. The molecule has 0 aromatic carbocycles. The van der Waals surface area contributed by atoms with Crippen LogP contribution in [-0.2, 0) is 0 Å². The van der Waals surface area contributed by atoms with Crippen molar-refractivity contribution in [1.82, 2.24) is 25.2 Å². The summed E-state index contributed by atoms with van der Waals surface area (Å²) in [5.41, 5.74) is 1.83. The predicted molar refractivity (Wildman–Crippen MR) is 119 cm³/mol. The summed E-state index contributed by atoms with van der Waals surface area (Å²) in [4.78, 5) is 22.6. The highest BCUT2D eigenvalue weighted by atomic mass is 32.1. The first-order chi connectivity index (χ1) is 14.1. The summed E-state index contributed by atoms with van der Waals surface area (Å²) in [7, 11) is 0. The molecule has 0 amide bonds. The fraction of sp³-hybridized carbons (Fsp3) is 0.450. The van der Waals surface area contributed by atoms with Crippen LogP contribution in [0.4, 0.5) is 11.8 Å². The topological polar surface area (TPSA) is 81.6 Å². The Morgan fingerprint density at radius 3 is 2.45 bits per heavy atom. The molecule has 0 atom stereocenters. The van der Waals surface area contributed by atoms with Gasteiger partial charge in [0, 0.05) is 49.8 Å². The number of nitrogens with one attached hydrogen (secondary N) is 2. The first-order valence-electron chi connectivity index (χ1n) is 9.96. The van der Waals surface area contributed by atoms with Crippen LogP contribution in [0.2, 0.25) is 0 Å². The molecule has 2 aliphatic rings. The van der Waals surface area contributed by atoms with E-state index in [4.69, 9.17) is 12.2 Å². The number of rotatable bonds is 3. The van der Waals surface area contributed by atoms with Gasteiger partial charge in [0.25, 0.3) is 0 Å². The molecule has 1 saturated heterocycles. The van der Waals surface area contributed by atoms with Gasteiger partial charge < -0.3 is 15.1 Å². The fourth-order valence-corrected chi connectivity index (χ4v) is 3.53. The van der Waals surface area contributed by atoms with Crippen LogP contribution >= 0.6 is 12.2 Å². The van der Waals surface area contributed by atoms with Gasteiger partial charge in [0.1, 0.15) is 5.82 Å². The van der Waals surface area contributed by atoms with Crippen molar-refractivity contribution < 1.29 is 0 Å². The summed E-state index contributed by atoms with van der Waals surface area (Å²) in [5.74, 6) is 2.23. The number of piperazine rings is 1. The van der Waals surface area contributed by atoms with Crippen LogP contribution in [0.25, 0.3) is 0 Å². The van der Waals surface area contributed by atoms with Crippen molar-refractivity contribution in [3.63, 3.8) is 0 Å². The molecular weight excluding hydrogens is 384 g/mol. The molecule has 1 saturated carbocycles. The van der Waals surface area contributed by atoms with E-state index < -0.39 is 0 Å². The van der Waals surface area contributed by atoms with Gasteiger partial charge in [0.15, 0.2) is 5.11 Å². The van der Waals surface area contributed by atoms with Crippen LogP contribution in [0, 0.1) is 13.8 Å². The fourth-order valence-electron chi connectivity index (χ4n) is 3.28. The van der Waals surface area contributed by atoms with Crippen molar-refractivity contribution in [1.29, 1.82) is 0 Å². The van der Waals surface area contributed by atoms with Gasteiger partial charge in [-0.2, -0.15) is 4.99 Å². The molecule has 152 valence electrons. The minimum atomic E-state index is 0.464. The number of pyridine rings is 1. The van der Waals surface area contributed by atoms with E-state index in [9.17, 15) is 0 Å². The Balaban J connectivity index is 1.49. The van der Waals surface area contributed by atoms with Crippen LogP contribution in [0.1, 0.15) is 24.2 Å². The summed E-state index contributed by atoms with van der Waals surface area (Å²) in [6.07, 6.45) is 4.14. The van der Waals surface area contributed by atoms with Gasteiger partial charge in [0.05, 0.1) is 0 Å². The lowest BCUT2D eigenvalue weighted by Crippen LogP contribution is -2.51. The summed E-state index contributed by atoms with van der Waals surface area (Å²) in [6, 6.07) is 8.41. The Hall–Kier alpha value is -2.81. The molecule has 3 heterocycles. The van der Waals surface area contributed by atoms with Crippen molar-refractivity contribution in [2.45, 2.75) is 32.7 Å². The molecule has 9 heteroatoms. The Bertz CT molecular complexity index is 868. The van der Waals surface area contributed by atoms with E-state index >= 15 is 0 Å². The van der Waals surface area contributed by atoms with Crippen molar-refractivity contribution in [2.24, 2.45) is 4.99 Å². The number of anilines is 2. The van der Waals surface area contributed by atoms with Crippen molar-refractivity contribution in [2.75, 3.05) is 36.4 Å². The minimum absolute atomic E-state index is 0.464. The molecule has 29 heavy (non-hydrogen) atoms. The predicted octanol–water partition coefficient (Wildman–Crippen LogP) is 2.12. The van der Waals surface area contributed by atoms with Gasteiger partial charge in [0.2, 0.25) is 11.9 Å².